The molecule has 4 fully saturated rings. The Hall–Kier alpha value is -3.82. The van der Waals surface area contributed by atoms with Crippen molar-refractivity contribution in [2.45, 2.75) is 37.5 Å². The molecule has 2 nitrogen and oxygen atoms in total. The Morgan fingerprint density at radius 2 is 1.16 bits per heavy atom. The molecule has 0 atom stereocenters. The third-order valence-electron chi connectivity index (χ3n) is 11.6. The number of fused-ring (bicyclic) bond motifs is 5. The van der Waals surface area contributed by atoms with Gasteiger partial charge in [-0.2, -0.15) is 0 Å². The molecule has 43 heavy (non-hydrogen) atoms. The average molecular weight is 622 g/mol. The predicted molar refractivity (Wildman–Crippen MR) is 181 cm³/mol. The van der Waals surface area contributed by atoms with Gasteiger partial charge in [0.15, 0.2) is 0 Å². The second-order valence-electron chi connectivity index (χ2n) is 13.6. The fraction of sp³-hybridized carbons (Fsp3) is 0.250. The van der Waals surface area contributed by atoms with E-state index in [1.807, 2.05) is 0 Å². The van der Waals surface area contributed by atoms with E-state index in [9.17, 15) is 0 Å². The minimum absolute atomic E-state index is 0.137. The minimum Gasteiger partial charge on any atom is -0.310 e. The summed E-state index contributed by atoms with van der Waals surface area (Å²) in [5.74, 6) is 3.38. The molecule has 1 aromatic heterocycles. The van der Waals surface area contributed by atoms with Crippen molar-refractivity contribution in [2.24, 2.45) is 23.7 Å². The number of rotatable bonds is 2. The predicted octanol–water partition coefficient (Wildman–Crippen LogP) is 11.1. The molecule has 11 rings (SSSR count). The highest BCUT2D eigenvalue weighted by atomic mass is 79.9. The first-order valence-corrected chi connectivity index (χ1v) is 16.8. The maximum absolute atomic E-state index is 3.70. The normalized spacial score (nSPS) is 24.5. The smallest absolute Gasteiger partial charge is 0.0542 e. The van der Waals surface area contributed by atoms with Gasteiger partial charge in [0.2, 0.25) is 0 Å². The zero-order valence-electron chi connectivity index (χ0n) is 24.1. The molecular formula is C40H33BrN2. The van der Waals surface area contributed by atoms with Crippen LogP contribution in [0.5, 0.6) is 0 Å². The molecule has 1 spiro atoms. The van der Waals surface area contributed by atoms with Crippen LogP contribution in [0.3, 0.4) is 0 Å². The summed E-state index contributed by atoms with van der Waals surface area (Å²) in [5.41, 5.74) is 10.9. The number of nitrogens with zero attached hydrogens (tertiary/aromatic N) is 2. The topological polar surface area (TPSA) is 8.17 Å². The lowest BCUT2D eigenvalue weighted by Crippen LogP contribution is -2.57. The summed E-state index contributed by atoms with van der Waals surface area (Å²) in [6, 6.07) is 43.4. The molecule has 0 amide bonds. The fourth-order valence-corrected chi connectivity index (χ4v) is 10.8. The van der Waals surface area contributed by atoms with Crippen molar-refractivity contribution in [3.8, 4) is 5.69 Å². The average Bonchev–Trinajstić information content (AvgIpc) is 3.36. The summed E-state index contributed by atoms with van der Waals surface area (Å²) >= 11 is 3.70. The van der Waals surface area contributed by atoms with Gasteiger partial charge in [-0.05, 0) is 121 Å². The number of benzene rings is 5. The fourth-order valence-electron chi connectivity index (χ4n) is 10.4. The zero-order valence-corrected chi connectivity index (χ0v) is 25.7. The second-order valence-corrected chi connectivity index (χ2v) is 14.5. The van der Waals surface area contributed by atoms with E-state index in [1.165, 1.54) is 76.7 Å². The molecule has 5 aromatic carbocycles. The zero-order chi connectivity index (χ0) is 28.3. The van der Waals surface area contributed by atoms with E-state index in [-0.39, 0.29) is 5.41 Å². The third-order valence-corrected chi connectivity index (χ3v) is 12.1. The maximum atomic E-state index is 3.70. The van der Waals surface area contributed by atoms with Crippen molar-refractivity contribution >= 4 is 54.8 Å². The number of anilines is 3. The molecule has 2 heterocycles. The van der Waals surface area contributed by atoms with Gasteiger partial charge in [-0.25, -0.2) is 0 Å². The largest absolute Gasteiger partial charge is 0.310 e. The molecule has 4 saturated carbocycles. The maximum Gasteiger partial charge on any atom is 0.0542 e. The van der Waals surface area contributed by atoms with Crippen molar-refractivity contribution in [1.29, 1.82) is 0 Å². The van der Waals surface area contributed by atoms with Gasteiger partial charge in [-0.1, -0.05) is 76.6 Å². The Kier molecular flexibility index (Phi) is 5.07. The molecule has 0 saturated heterocycles. The van der Waals surface area contributed by atoms with Gasteiger partial charge >= 0.3 is 0 Å². The first-order valence-electron chi connectivity index (χ1n) is 16.0. The standard InChI is InChI=1S/C40H33BrN2/c41-29-8-7-9-30(23-29)42-36-13-4-1-10-32(36)33-24-31(16-17-37(33)42)43-38-14-5-2-11-34(38)40(35-12-3-6-15-39(35)43)27-19-25-18-26(21-27)22-28(40)20-25/h1-17,23-28H,18-22H2. The molecule has 3 heteroatoms. The van der Waals surface area contributed by atoms with E-state index in [0.29, 0.717) is 0 Å². The Balaban J connectivity index is 1.22. The van der Waals surface area contributed by atoms with Crippen LogP contribution >= 0.6 is 15.9 Å². The van der Waals surface area contributed by atoms with E-state index < -0.39 is 0 Å². The summed E-state index contributed by atoms with van der Waals surface area (Å²) in [6.45, 7) is 0. The van der Waals surface area contributed by atoms with Crippen molar-refractivity contribution in [1.82, 2.24) is 4.57 Å². The van der Waals surface area contributed by atoms with E-state index in [2.05, 4.69) is 141 Å². The highest BCUT2D eigenvalue weighted by Gasteiger charge is 2.61. The first-order chi connectivity index (χ1) is 21.2. The van der Waals surface area contributed by atoms with Gasteiger partial charge in [0.1, 0.15) is 0 Å². The Labute approximate surface area is 261 Å². The molecular weight excluding hydrogens is 588 g/mol. The van der Waals surface area contributed by atoms with Crippen LogP contribution in [0, 0.1) is 23.7 Å². The molecule has 5 aliphatic rings. The molecule has 0 unspecified atom stereocenters. The summed E-state index contributed by atoms with van der Waals surface area (Å²) in [6.07, 6.45) is 7.08. The van der Waals surface area contributed by atoms with Gasteiger partial charge in [-0.15, -0.1) is 0 Å². The molecule has 6 aromatic rings. The van der Waals surface area contributed by atoms with Crippen molar-refractivity contribution in [3.05, 3.63) is 131 Å². The van der Waals surface area contributed by atoms with E-state index in [0.717, 1.165) is 28.1 Å². The summed E-state index contributed by atoms with van der Waals surface area (Å²) in [5, 5.41) is 2.58. The number of hydrogen-bond donors (Lipinski definition) is 0. The SMILES string of the molecule is Brc1cccc(-n2c3ccccc3c3cc(N4c5ccccc5C5(c6ccccc64)C4CC6CC(C4)CC5C6)ccc32)c1. The summed E-state index contributed by atoms with van der Waals surface area (Å²) in [4.78, 5) is 2.58. The van der Waals surface area contributed by atoms with Crippen LogP contribution in [-0.4, -0.2) is 4.57 Å². The van der Waals surface area contributed by atoms with Crippen LogP contribution in [0.1, 0.15) is 43.2 Å². The Morgan fingerprint density at radius 3 is 1.86 bits per heavy atom. The van der Waals surface area contributed by atoms with Crippen molar-refractivity contribution in [2.75, 3.05) is 4.90 Å². The second kappa shape index (κ2) is 8.86. The molecule has 0 radical (unpaired) electrons. The Bertz CT molecular complexity index is 2010. The van der Waals surface area contributed by atoms with Gasteiger partial charge in [-0.3, -0.25) is 0 Å². The Morgan fingerprint density at radius 1 is 0.535 bits per heavy atom. The molecule has 210 valence electrons. The summed E-state index contributed by atoms with van der Waals surface area (Å²) in [7, 11) is 0. The number of halogens is 1. The van der Waals surface area contributed by atoms with E-state index >= 15 is 0 Å². The van der Waals surface area contributed by atoms with Gasteiger partial charge in [0.25, 0.3) is 0 Å². The molecule has 4 bridgehead atoms. The van der Waals surface area contributed by atoms with Gasteiger partial charge < -0.3 is 9.47 Å². The quantitative estimate of drug-likeness (QED) is 0.187. The molecule has 1 aliphatic heterocycles. The lowest BCUT2D eigenvalue weighted by molar-refractivity contribution is -0.0419. The van der Waals surface area contributed by atoms with Crippen LogP contribution in [0.15, 0.2) is 120 Å². The number of aromatic nitrogens is 1. The van der Waals surface area contributed by atoms with Crippen LogP contribution < -0.4 is 4.90 Å². The lowest BCUT2D eigenvalue weighted by Gasteiger charge is -2.64. The third kappa shape index (κ3) is 3.24. The number of para-hydroxylation sites is 3. The molecule has 4 aliphatic carbocycles. The van der Waals surface area contributed by atoms with Crippen LogP contribution in [0.25, 0.3) is 27.5 Å². The van der Waals surface area contributed by atoms with Crippen LogP contribution in [0.4, 0.5) is 17.1 Å². The van der Waals surface area contributed by atoms with Crippen molar-refractivity contribution < 1.29 is 0 Å². The number of hydrogen-bond acceptors (Lipinski definition) is 1. The van der Waals surface area contributed by atoms with E-state index in [1.54, 1.807) is 11.1 Å². The van der Waals surface area contributed by atoms with Crippen LogP contribution in [-0.2, 0) is 5.41 Å². The lowest BCUT2D eigenvalue weighted by atomic mass is 9.41. The van der Waals surface area contributed by atoms with Gasteiger partial charge in [0, 0.05) is 32.0 Å². The summed E-state index contributed by atoms with van der Waals surface area (Å²) < 4.78 is 3.49. The van der Waals surface area contributed by atoms with Crippen LogP contribution in [0.2, 0.25) is 0 Å². The minimum atomic E-state index is 0.137. The van der Waals surface area contributed by atoms with E-state index in [4.69, 9.17) is 0 Å². The monoisotopic (exact) mass is 620 g/mol. The van der Waals surface area contributed by atoms with Gasteiger partial charge in [0.05, 0.1) is 22.4 Å². The molecule has 0 N–H and O–H groups in total. The highest BCUT2D eigenvalue weighted by molar-refractivity contribution is 9.10. The first kappa shape index (κ1) is 24.6. The highest BCUT2D eigenvalue weighted by Crippen LogP contribution is 2.69. The van der Waals surface area contributed by atoms with Crippen molar-refractivity contribution in [3.63, 3.8) is 0 Å².